The molecular weight excluding hydrogens is 288 g/mol. The summed E-state index contributed by atoms with van der Waals surface area (Å²) in [6.07, 6.45) is 1.05. The average Bonchev–Trinajstić information content (AvgIpc) is 3.18. The number of hydrogen-bond acceptors (Lipinski definition) is 4. The number of para-hydroxylation sites is 1. The topological polar surface area (TPSA) is 58.0 Å². The normalized spacial score (nSPS) is 16.9. The molecule has 3 heterocycles. The van der Waals surface area contributed by atoms with Crippen molar-refractivity contribution in [1.82, 2.24) is 20.0 Å². The van der Waals surface area contributed by atoms with Crippen LogP contribution in [0.5, 0.6) is 0 Å². The van der Waals surface area contributed by atoms with E-state index >= 15 is 0 Å². The lowest BCUT2D eigenvalue weighted by Gasteiger charge is -2.30. The fraction of sp³-hybridized carbons (Fsp3) is 0.444. The number of hydrogen-bond donors (Lipinski definition) is 1. The third-order valence-corrected chi connectivity index (χ3v) is 4.79. The van der Waals surface area contributed by atoms with Gasteiger partial charge in [-0.1, -0.05) is 37.2 Å². The van der Waals surface area contributed by atoms with Gasteiger partial charge in [-0.15, -0.1) is 0 Å². The Morgan fingerprint density at radius 2 is 2.04 bits per heavy atom. The quantitative estimate of drug-likeness (QED) is 0.799. The van der Waals surface area contributed by atoms with Gasteiger partial charge in [-0.05, 0) is 25.0 Å². The Kier molecular flexibility index (Phi) is 3.45. The number of aromatic amines is 1. The Bertz CT molecular complexity index is 833. The lowest BCUT2D eigenvalue weighted by Crippen LogP contribution is -2.33. The third-order valence-electron chi connectivity index (χ3n) is 4.79. The molecule has 2 aromatic heterocycles. The van der Waals surface area contributed by atoms with E-state index in [1.165, 1.54) is 22.2 Å². The molecule has 120 valence electrons. The van der Waals surface area contributed by atoms with Gasteiger partial charge in [0.25, 0.3) is 0 Å². The van der Waals surface area contributed by atoms with Gasteiger partial charge in [-0.25, -0.2) is 0 Å². The summed E-state index contributed by atoms with van der Waals surface area (Å²) in [4.78, 5) is 10.5. The first kappa shape index (κ1) is 14.5. The first-order valence-electron chi connectivity index (χ1n) is 8.29. The zero-order chi connectivity index (χ0) is 16.0. The lowest BCUT2D eigenvalue weighted by atomic mass is 10.0. The molecule has 0 saturated carbocycles. The van der Waals surface area contributed by atoms with Crippen molar-refractivity contribution in [1.29, 1.82) is 0 Å². The molecule has 4 rings (SSSR count). The van der Waals surface area contributed by atoms with Gasteiger partial charge in [0.1, 0.15) is 0 Å². The van der Waals surface area contributed by atoms with E-state index < -0.39 is 0 Å². The first-order valence-corrected chi connectivity index (χ1v) is 8.29. The molecule has 1 unspecified atom stereocenters. The van der Waals surface area contributed by atoms with Gasteiger partial charge >= 0.3 is 0 Å². The molecule has 0 amide bonds. The van der Waals surface area contributed by atoms with E-state index in [0.29, 0.717) is 11.8 Å². The van der Waals surface area contributed by atoms with Crippen molar-refractivity contribution < 1.29 is 4.52 Å². The fourth-order valence-corrected chi connectivity index (χ4v) is 3.35. The predicted molar refractivity (Wildman–Crippen MR) is 89.2 cm³/mol. The molecule has 1 aromatic carbocycles. The predicted octanol–water partition coefficient (Wildman–Crippen LogP) is 3.79. The minimum Gasteiger partial charge on any atom is -0.357 e. The van der Waals surface area contributed by atoms with Gasteiger partial charge in [-0.2, -0.15) is 4.98 Å². The van der Waals surface area contributed by atoms with E-state index in [-0.39, 0.29) is 6.04 Å². The second-order valence-corrected chi connectivity index (χ2v) is 6.67. The van der Waals surface area contributed by atoms with E-state index in [2.05, 4.69) is 65.1 Å². The Morgan fingerprint density at radius 1 is 1.22 bits per heavy atom. The Morgan fingerprint density at radius 3 is 2.83 bits per heavy atom. The summed E-state index contributed by atoms with van der Waals surface area (Å²) in [6.45, 7) is 8.21. The summed E-state index contributed by atoms with van der Waals surface area (Å²) in [5, 5.41) is 5.45. The minimum absolute atomic E-state index is 0.134. The summed E-state index contributed by atoms with van der Waals surface area (Å²) in [5.74, 6) is 1.80. The second-order valence-electron chi connectivity index (χ2n) is 6.67. The van der Waals surface area contributed by atoms with Crippen molar-refractivity contribution in [2.24, 2.45) is 0 Å². The molecule has 0 fully saturated rings. The van der Waals surface area contributed by atoms with Gasteiger partial charge in [-0.3, -0.25) is 4.90 Å². The number of nitrogens with one attached hydrogen (secondary N) is 1. The lowest BCUT2D eigenvalue weighted by molar-refractivity contribution is 0.156. The van der Waals surface area contributed by atoms with Crippen LogP contribution < -0.4 is 0 Å². The molecule has 3 aromatic rings. The number of benzene rings is 1. The molecule has 0 radical (unpaired) electrons. The standard InChI is InChI=1S/C18H22N4O/c1-11(2)17-20-18(23-21-17)12(3)22-9-8-14-13-6-4-5-7-15(13)19-16(14)10-22/h4-7,11-12,19H,8-10H2,1-3H3. The van der Waals surface area contributed by atoms with Crippen LogP contribution >= 0.6 is 0 Å². The number of aromatic nitrogens is 3. The van der Waals surface area contributed by atoms with Gasteiger partial charge in [0.05, 0.1) is 6.04 Å². The smallest absolute Gasteiger partial charge is 0.243 e. The van der Waals surface area contributed by atoms with Gasteiger partial charge in [0.15, 0.2) is 5.82 Å². The van der Waals surface area contributed by atoms with Crippen molar-refractivity contribution in [3.8, 4) is 0 Å². The van der Waals surface area contributed by atoms with E-state index in [4.69, 9.17) is 4.52 Å². The minimum atomic E-state index is 0.134. The molecular formula is C18H22N4O. The Hall–Kier alpha value is -2.14. The van der Waals surface area contributed by atoms with Crippen LogP contribution in [0.3, 0.4) is 0 Å². The maximum absolute atomic E-state index is 5.47. The van der Waals surface area contributed by atoms with Crippen molar-refractivity contribution in [2.75, 3.05) is 6.54 Å². The van der Waals surface area contributed by atoms with Crippen LogP contribution in [0.15, 0.2) is 28.8 Å². The highest BCUT2D eigenvalue weighted by Crippen LogP contribution is 2.31. The summed E-state index contributed by atoms with van der Waals surface area (Å²) < 4.78 is 5.47. The highest BCUT2D eigenvalue weighted by molar-refractivity contribution is 5.84. The summed E-state index contributed by atoms with van der Waals surface area (Å²) in [5.41, 5.74) is 4.00. The maximum atomic E-state index is 5.47. The van der Waals surface area contributed by atoms with Gasteiger partial charge in [0, 0.05) is 35.6 Å². The van der Waals surface area contributed by atoms with E-state index in [1.807, 2.05) is 0 Å². The van der Waals surface area contributed by atoms with Crippen LogP contribution in [0.1, 0.15) is 55.7 Å². The Labute approximate surface area is 135 Å². The van der Waals surface area contributed by atoms with Crippen LogP contribution in [-0.4, -0.2) is 26.6 Å². The number of H-pyrrole nitrogens is 1. The molecule has 23 heavy (non-hydrogen) atoms. The maximum Gasteiger partial charge on any atom is 0.243 e. The number of rotatable bonds is 3. The van der Waals surface area contributed by atoms with Crippen molar-refractivity contribution >= 4 is 10.9 Å². The molecule has 0 bridgehead atoms. The summed E-state index contributed by atoms with van der Waals surface area (Å²) in [6, 6.07) is 8.67. The van der Waals surface area contributed by atoms with Gasteiger partial charge < -0.3 is 9.51 Å². The zero-order valence-corrected chi connectivity index (χ0v) is 13.8. The monoisotopic (exact) mass is 310 g/mol. The largest absolute Gasteiger partial charge is 0.357 e. The van der Waals surface area contributed by atoms with E-state index in [9.17, 15) is 0 Å². The molecule has 5 heteroatoms. The van der Waals surface area contributed by atoms with Crippen molar-refractivity contribution in [3.05, 3.63) is 47.2 Å². The third kappa shape index (κ3) is 2.45. The molecule has 1 aliphatic heterocycles. The molecule has 0 saturated heterocycles. The van der Waals surface area contributed by atoms with E-state index in [1.54, 1.807) is 0 Å². The second kappa shape index (κ2) is 5.49. The first-order chi connectivity index (χ1) is 11.1. The van der Waals surface area contributed by atoms with Gasteiger partial charge in [0.2, 0.25) is 5.89 Å². The highest BCUT2D eigenvalue weighted by Gasteiger charge is 2.27. The van der Waals surface area contributed by atoms with Crippen LogP contribution in [0.4, 0.5) is 0 Å². The van der Waals surface area contributed by atoms with Crippen LogP contribution in [0, 0.1) is 0 Å². The number of nitrogens with zero attached hydrogens (tertiary/aromatic N) is 3. The Balaban J connectivity index is 1.59. The molecule has 1 atom stereocenters. The molecule has 0 aliphatic carbocycles. The molecule has 1 aliphatic rings. The molecule has 5 nitrogen and oxygen atoms in total. The molecule has 0 spiro atoms. The van der Waals surface area contributed by atoms with E-state index in [0.717, 1.165) is 25.3 Å². The SMILES string of the molecule is CC(C)c1noc(C(C)N2CCc3c([nH]c4ccccc34)C2)n1. The zero-order valence-electron chi connectivity index (χ0n) is 13.8. The number of fused-ring (bicyclic) bond motifs is 3. The van der Waals surface area contributed by atoms with Crippen LogP contribution in [0.2, 0.25) is 0 Å². The summed E-state index contributed by atoms with van der Waals surface area (Å²) >= 11 is 0. The van der Waals surface area contributed by atoms with Crippen molar-refractivity contribution in [3.63, 3.8) is 0 Å². The fourth-order valence-electron chi connectivity index (χ4n) is 3.35. The molecule has 1 N–H and O–H groups in total. The summed E-state index contributed by atoms with van der Waals surface area (Å²) in [7, 11) is 0. The highest BCUT2D eigenvalue weighted by atomic mass is 16.5. The van der Waals surface area contributed by atoms with Crippen molar-refractivity contribution in [2.45, 2.75) is 45.7 Å². The average molecular weight is 310 g/mol. The van der Waals surface area contributed by atoms with Crippen LogP contribution in [-0.2, 0) is 13.0 Å². The van der Waals surface area contributed by atoms with Crippen LogP contribution in [0.25, 0.3) is 10.9 Å².